The van der Waals surface area contributed by atoms with Crippen molar-refractivity contribution < 1.29 is 9.50 Å². The van der Waals surface area contributed by atoms with E-state index in [2.05, 4.69) is 26.8 Å². The molecule has 3 fully saturated rings. The lowest BCUT2D eigenvalue weighted by atomic mass is 9.47. The quantitative estimate of drug-likeness (QED) is 0.556. The lowest BCUT2D eigenvalue weighted by Gasteiger charge is -2.58. The molecule has 3 saturated carbocycles. The molecular formula is C22H33FO. The molecule has 0 amide bonds. The molecule has 0 spiro atoms. The normalized spacial score (nSPS) is 52.9. The summed E-state index contributed by atoms with van der Waals surface area (Å²) in [5.74, 6) is 2.56. The van der Waals surface area contributed by atoms with Crippen LogP contribution in [0.2, 0.25) is 0 Å². The number of halogens is 1. The van der Waals surface area contributed by atoms with Gasteiger partial charge in [-0.2, -0.15) is 0 Å². The monoisotopic (exact) mass is 332 g/mol. The summed E-state index contributed by atoms with van der Waals surface area (Å²) in [6, 6.07) is 0. The minimum Gasteiger partial charge on any atom is -0.393 e. The van der Waals surface area contributed by atoms with E-state index in [0.717, 1.165) is 43.6 Å². The number of aliphatic hydroxyl groups excluding tert-OH is 1. The standard InChI is InChI=1S/C22H33FO/c1-13-12-22(4)15(11-20(13)24)5-6-16-18-8-7-17(14(2)23)21(18,3)10-9-19(16)22/h5,13,16,18-20,24H,6-12H2,1-4H3/t13-,16?,18?,19?,20-,21-,22+/m1/s1. The highest BCUT2D eigenvalue weighted by atomic mass is 19.1. The molecule has 134 valence electrons. The second-order valence-electron chi connectivity index (χ2n) is 9.72. The summed E-state index contributed by atoms with van der Waals surface area (Å²) < 4.78 is 14.1. The Hall–Kier alpha value is -0.630. The van der Waals surface area contributed by atoms with E-state index in [4.69, 9.17) is 0 Å². The highest BCUT2D eigenvalue weighted by Crippen LogP contribution is 2.66. The lowest BCUT2D eigenvalue weighted by Crippen LogP contribution is -2.51. The molecule has 0 radical (unpaired) electrons. The third-order valence-electron chi connectivity index (χ3n) is 8.66. The molecule has 4 rings (SSSR count). The van der Waals surface area contributed by atoms with Gasteiger partial charge in [0.15, 0.2) is 0 Å². The summed E-state index contributed by atoms with van der Waals surface area (Å²) in [7, 11) is 0. The smallest absolute Gasteiger partial charge is 0.0966 e. The van der Waals surface area contributed by atoms with Gasteiger partial charge in [-0.15, -0.1) is 0 Å². The number of allylic oxidation sites excluding steroid dienone is 3. The Morgan fingerprint density at radius 3 is 2.62 bits per heavy atom. The fourth-order valence-corrected chi connectivity index (χ4v) is 7.37. The molecule has 0 aromatic heterocycles. The van der Waals surface area contributed by atoms with Gasteiger partial charge in [0.25, 0.3) is 0 Å². The molecule has 4 aliphatic carbocycles. The number of hydrogen-bond donors (Lipinski definition) is 1. The Labute approximate surface area is 146 Å². The van der Waals surface area contributed by atoms with Crippen LogP contribution >= 0.6 is 0 Å². The molecule has 7 atom stereocenters. The van der Waals surface area contributed by atoms with Gasteiger partial charge in [0.1, 0.15) is 0 Å². The zero-order chi connectivity index (χ0) is 17.3. The Morgan fingerprint density at radius 1 is 1.21 bits per heavy atom. The first-order chi connectivity index (χ1) is 11.3. The third kappa shape index (κ3) is 2.14. The lowest BCUT2D eigenvalue weighted by molar-refractivity contribution is -0.0430. The number of hydrogen-bond acceptors (Lipinski definition) is 1. The molecule has 1 nitrogen and oxygen atoms in total. The first kappa shape index (κ1) is 16.8. The Bertz CT molecular complexity index is 601. The minimum absolute atomic E-state index is 0.0890. The van der Waals surface area contributed by atoms with Gasteiger partial charge >= 0.3 is 0 Å². The molecule has 0 heterocycles. The topological polar surface area (TPSA) is 20.2 Å². The van der Waals surface area contributed by atoms with E-state index < -0.39 is 0 Å². The van der Waals surface area contributed by atoms with Gasteiger partial charge in [-0.05, 0) is 91.9 Å². The van der Waals surface area contributed by atoms with Crippen LogP contribution in [0.15, 0.2) is 23.0 Å². The van der Waals surface area contributed by atoms with Gasteiger partial charge in [-0.25, -0.2) is 4.39 Å². The fraction of sp³-hybridized carbons (Fsp3) is 0.818. The van der Waals surface area contributed by atoms with Crippen molar-refractivity contribution >= 4 is 0 Å². The summed E-state index contributed by atoms with van der Waals surface area (Å²) in [5.41, 5.74) is 3.01. The first-order valence-electron chi connectivity index (χ1n) is 10.0. The van der Waals surface area contributed by atoms with E-state index in [-0.39, 0.29) is 22.8 Å². The maximum Gasteiger partial charge on any atom is 0.0966 e. The fourth-order valence-electron chi connectivity index (χ4n) is 7.37. The highest BCUT2D eigenvalue weighted by molar-refractivity contribution is 5.30. The maximum atomic E-state index is 14.1. The molecule has 0 saturated heterocycles. The zero-order valence-corrected chi connectivity index (χ0v) is 15.7. The van der Waals surface area contributed by atoms with Crippen LogP contribution < -0.4 is 0 Å². The molecule has 2 heteroatoms. The predicted molar refractivity (Wildman–Crippen MR) is 96.1 cm³/mol. The van der Waals surface area contributed by atoms with E-state index in [1.165, 1.54) is 18.4 Å². The van der Waals surface area contributed by atoms with Gasteiger partial charge in [0.05, 0.1) is 11.9 Å². The van der Waals surface area contributed by atoms with Gasteiger partial charge in [-0.3, -0.25) is 0 Å². The zero-order valence-electron chi connectivity index (χ0n) is 15.7. The average molecular weight is 333 g/mol. The minimum atomic E-state index is -0.162. The number of aliphatic hydroxyl groups is 1. The van der Waals surface area contributed by atoms with Crippen molar-refractivity contribution in [1.29, 1.82) is 0 Å². The van der Waals surface area contributed by atoms with E-state index in [1.54, 1.807) is 6.92 Å². The molecular weight excluding hydrogens is 299 g/mol. The summed E-state index contributed by atoms with van der Waals surface area (Å²) in [5, 5.41) is 10.3. The van der Waals surface area contributed by atoms with E-state index in [9.17, 15) is 9.50 Å². The van der Waals surface area contributed by atoms with Crippen molar-refractivity contribution in [2.75, 3.05) is 0 Å². The first-order valence-corrected chi connectivity index (χ1v) is 10.0. The molecule has 0 aliphatic heterocycles. The molecule has 3 unspecified atom stereocenters. The van der Waals surface area contributed by atoms with Gasteiger partial charge < -0.3 is 5.11 Å². The molecule has 1 N–H and O–H groups in total. The summed E-state index contributed by atoms with van der Waals surface area (Å²) in [4.78, 5) is 0. The van der Waals surface area contributed by atoms with Crippen molar-refractivity contribution in [3.63, 3.8) is 0 Å². The van der Waals surface area contributed by atoms with E-state index >= 15 is 0 Å². The van der Waals surface area contributed by atoms with Crippen molar-refractivity contribution in [3.8, 4) is 0 Å². The van der Waals surface area contributed by atoms with Crippen molar-refractivity contribution in [2.45, 2.75) is 78.7 Å². The van der Waals surface area contributed by atoms with Gasteiger partial charge in [0, 0.05) is 0 Å². The average Bonchev–Trinajstić information content (AvgIpc) is 2.86. The van der Waals surface area contributed by atoms with Crippen LogP contribution in [0.5, 0.6) is 0 Å². The van der Waals surface area contributed by atoms with Crippen molar-refractivity contribution in [3.05, 3.63) is 23.0 Å². The predicted octanol–water partition coefficient (Wildman–Crippen LogP) is 5.80. The molecule has 24 heavy (non-hydrogen) atoms. The molecule has 0 bridgehead atoms. The van der Waals surface area contributed by atoms with Crippen molar-refractivity contribution in [1.82, 2.24) is 0 Å². The Kier molecular flexibility index (Phi) is 3.81. The SMILES string of the molecule is CC(F)=C1CCC2C3CC=C4C[C@@H](O)[C@H](C)C[C@]4(C)C3CC[C@]12C. The Morgan fingerprint density at radius 2 is 1.92 bits per heavy atom. The van der Waals surface area contributed by atoms with Crippen LogP contribution in [0.3, 0.4) is 0 Å². The third-order valence-corrected chi connectivity index (χ3v) is 8.66. The van der Waals surface area contributed by atoms with Gasteiger partial charge in [0.2, 0.25) is 0 Å². The van der Waals surface area contributed by atoms with Crippen LogP contribution in [0.1, 0.15) is 72.6 Å². The van der Waals surface area contributed by atoms with Crippen molar-refractivity contribution in [2.24, 2.45) is 34.5 Å². The van der Waals surface area contributed by atoms with Gasteiger partial charge in [-0.1, -0.05) is 32.4 Å². The number of fused-ring (bicyclic) bond motifs is 5. The molecule has 0 aromatic carbocycles. The second-order valence-corrected chi connectivity index (χ2v) is 9.72. The van der Waals surface area contributed by atoms with E-state index in [1.807, 2.05) is 0 Å². The summed E-state index contributed by atoms with van der Waals surface area (Å²) in [6.45, 7) is 8.69. The highest BCUT2D eigenvalue weighted by Gasteiger charge is 2.58. The second kappa shape index (κ2) is 5.43. The summed E-state index contributed by atoms with van der Waals surface area (Å²) >= 11 is 0. The van der Waals surface area contributed by atoms with Crippen LogP contribution in [0, 0.1) is 34.5 Å². The largest absolute Gasteiger partial charge is 0.393 e. The van der Waals surface area contributed by atoms with E-state index in [0.29, 0.717) is 17.8 Å². The molecule has 4 aliphatic rings. The molecule has 0 aromatic rings. The Balaban J connectivity index is 1.70. The maximum absolute atomic E-state index is 14.1. The van der Waals surface area contributed by atoms with Crippen LogP contribution in [0.4, 0.5) is 4.39 Å². The van der Waals surface area contributed by atoms with Crippen LogP contribution in [-0.2, 0) is 0 Å². The van der Waals surface area contributed by atoms with Crippen LogP contribution in [0.25, 0.3) is 0 Å². The summed E-state index contributed by atoms with van der Waals surface area (Å²) in [6.07, 6.45) is 9.96. The number of rotatable bonds is 0. The van der Waals surface area contributed by atoms with Crippen LogP contribution in [-0.4, -0.2) is 11.2 Å².